The normalized spacial score (nSPS) is 11.0. The van der Waals surface area contributed by atoms with E-state index in [4.69, 9.17) is 27.9 Å². The number of ether oxygens (including phenoxy) is 1. The lowest BCUT2D eigenvalue weighted by Gasteiger charge is -2.11. The molecule has 1 aromatic heterocycles. The number of halogens is 2. The van der Waals surface area contributed by atoms with Gasteiger partial charge in [0.1, 0.15) is 11.4 Å². The zero-order valence-electron chi connectivity index (χ0n) is 16.4. The monoisotopic (exact) mass is 432 g/mol. The van der Waals surface area contributed by atoms with Crippen LogP contribution in [0, 0.1) is 0 Å². The molecular formula is C21H22Cl2N4O2. The summed E-state index contributed by atoms with van der Waals surface area (Å²) in [5.74, 6) is 0.489. The third kappa shape index (κ3) is 5.09. The second-order valence-electron chi connectivity index (χ2n) is 6.72. The molecule has 3 rings (SSSR count). The number of hydrogen-bond acceptors (Lipinski definition) is 4. The van der Waals surface area contributed by atoms with Crippen LogP contribution >= 0.6 is 23.2 Å². The molecule has 0 radical (unpaired) electrons. The molecule has 0 fully saturated rings. The van der Waals surface area contributed by atoms with Gasteiger partial charge < -0.3 is 15.0 Å². The molecule has 0 aliphatic heterocycles. The average Bonchev–Trinajstić information content (AvgIpc) is 3.15. The first-order chi connectivity index (χ1) is 13.9. The number of carbonyl (C=O) groups excluding carboxylic acids is 1. The molecule has 0 saturated heterocycles. The number of nitrogens with one attached hydrogen (secondary N) is 1. The lowest BCUT2D eigenvalue weighted by atomic mass is 10.1. The summed E-state index contributed by atoms with van der Waals surface area (Å²) < 4.78 is 6.87. The topological polar surface area (TPSA) is 59.4 Å². The molecule has 1 amide bonds. The number of hydrogen-bond donors (Lipinski definition) is 1. The van der Waals surface area contributed by atoms with E-state index in [0.29, 0.717) is 39.4 Å². The van der Waals surface area contributed by atoms with E-state index in [9.17, 15) is 4.79 Å². The van der Waals surface area contributed by atoms with E-state index < -0.39 is 0 Å². The standard InChI is InChI=1S/C21H22Cl2N4O2/c1-26(2)10-9-24-21(28)20-13-19(14-5-4-6-16(11-14)29-3)25-27(20)15-7-8-17(22)18(23)12-15/h4-8,11-13H,9-10H2,1-3H3,(H,24,28). The van der Waals surface area contributed by atoms with Gasteiger partial charge in [-0.2, -0.15) is 5.10 Å². The fourth-order valence-electron chi connectivity index (χ4n) is 2.76. The summed E-state index contributed by atoms with van der Waals surface area (Å²) in [4.78, 5) is 14.9. The second kappa shape index (κ2) is 9.31. The number of likely N-dealkylation sites (N-methyl/N-ethyl adjacent to an activating group) is 1. The molecule has 0 unspecified atom stereocenters. The Kier molecular flexibility index (Phi) is 6.79. The molecule has 2 aromatic carbocycles. The SMILES string of the molecule is COc1cccc(-c2cc(C(=O)NCCN(C)C)n(-c3ccc(Cl)c(Cl)c3)n2)c1. The first kappa shape index (κ1) is 21.2. The number of rotatable bonds is 7. The zero-order valence-corrected chi connectivity index (χ0v) is 18.0. The number of aromatic nitrogens is 2. The third-order valence-corrected chi connectivity index (χ3v) is 5.04. The van der Waals surface area contributed by atoms with Crippen LogP contribution in [-0.2, 0) is 0 Å². The van der Waals surface area contributed by atoms with Gasteiger partial charge in [-0.15, -0.1) is 0 Å². The molecule has 1 heterocycles. The quantitative estimate of drug-likeness (QED) is 0.609. The molecular weight excluding hydrogens is 411 g/mol. The molecule has 0 spiro atoms. The Balaban J connectivity index is 2.02. The van der Waals surface area contributed by atoms with Gasteiger partial charge in [-0.05, 0) is 50.5 Å². The Morgan fingerprint density at radius 2 is 1.93 bits per heavy atom. The van der Waals surface area contributed by atoms with Crippen LogP contribution in [0.4, 0.5) is 0 Å². The first-order valence-electron chi connectivity index (χ1n) is 9.02. The van der Waals surface area contributed by atoms with Gasteiger partial charge in [0.2, 0.25) is 0 Å². The highest BCUT2D eigenvalue weighted by Crippen LogP contribution is 2.28. The number of methoxy groups -OCH3 is 1. The summed E-state index contributed by atoms with van der Waals surface area (Å²) in [5, 5.41) is 8.41. The maximum absolute atomic E-state index is 12.9. The maximum atomic E-state index is 12.9. The van der Waals surface area contributed by atoms with Crippen LogP contribution in [0.2, 0.25) is 10.0 Å². The van der Waals surface area contributed by atoms with Gasteiger partial charge in [0, 0.05) is 18.7 Å². The molecule has 0 atom stereocenters. The largest absolute Gasteiger partial charge is 0.497 e. The summed E-state index contributed by atoms with van der Waals surface area (Å²) in [5.41, 5.74) is 2.53. The minimum atomic E-state index is -0.223. The van der Waals surface area contributed by atoms with Gasteiger partial charge in [-0.25, -0.2) is 4.68 Å². The van der Waals surface area contributed by atoms with Crippen LogP contribution in [0.25, 0.3) is 16.9 Å². The van der Waals surface area contributed by atoms with Crippen LogP contribution in [0.5, 0.6) is 5.75 Å². The third-order valence-electron chi connectivity index (χ3n) is 4.30. The minimum Gasteiger partial charge on any atom is -0.497 e. The lowest BCUT2D eigenvalue weighted by molar-refractivity contribution is 0.0943. The van der Waals surface area contributed by atoms with Crippen molar-refractivity contribution in [2.75, 3.05) is 34.3 Å². The smallest absolute Gasteiger partial charge is 0.270 e. The van der Waals surface area contributed by atoms with E-state index in [1.165, 1.54) is 0 Å². The molecule has 8 heteroatoms. The molecule has 0 bridgehead atoms. The Hall–Kier alpha value is -2.54. The van der Waals surface area contributed by atoms with Gasteiger partial charge in [-0.1, -0.05) is 35.3 Å². The Morgan fingerprint density at radius 1 is 1.14 bits per heavy atom. The predicted octanol–water partition coefficient (Wildman–Crippen LogP) is 4.15. The number of benzene rings is 2. The fourth-order valence-corrected chi connectivity index (χ4v) is 3.06. The highest BCUT2D eigenvalue weighted by Gasteiger charge is 2.18. The molecule has 1 N–H and O–H groups in total. The molecule has 152 valence electrons. The average molecular weight is 433 g/mol. The van der Waals surface area contributed by atoms with E-state index in [1.807, 2.05) is 43.3 Å². The summed E-state index contributed by atoms with van der Waals surface area (Å²) in [6, 6.07) is 14.4. The zero-order chi connectivity index (χ0) is 21.0. The lowest BCUT2D eigenvalue weighted by Crippen LogP contribution is -2.32. The van der Waals surface area contributed by atoms with Crippen LogP contribution < -0.4 is 10.1 Å². The van der Waals surface area contributed by atoms with Crippen molar-refractivity contribution in [1.29, 1.82) is 0 Å². The maximum Gasteiger partial charge on any atom is 0.270 e. The molecule has 3 aromatic rings. The van der Waals surface area contributed by atoms with E-state index in [-0.39, 0.29) is 5.91 Å². The first-order valence-corrected chi connectivity index (χ1v) is 9.77. The summed E-state index contributed by atoms with van der Waals surface area (Å²) in [6.45, 7) is 1.25. The van der Waals surface area contributed by atoms with Gasteiger partial charge in [-0.3, -0.25) is 4.79 Å². The van der Waals surface area contributed by atoms with Gasteiger partial charge in [0.15, 0.2) is 0 Å². The highest BCUT2D eigenvalue weighted by atomic mass is 35.5. The predicted molar refractivity (Wildman–Crippen MR) is 116 cm³/mol. The highest BCUT2D eigenvalue weighted by molar-refractivity contribution is 6.42. The van der Waals surface area contributed by atoms with E-state index in [1.54, 1.807) is 36.1 Å². The Labute approximate surface area is 180 Å². The van der Waals surface area contributed by atoms with Crippen LogP contribution in [-0.4, -0.2) is 54.9 Å². The molecule has 6 nitrogen and oxygen atoms in total. The van der Waals surface area contributed by atoms with Crippen molar-refractivity contribution in [3.8, 4) is 22.7 Å². The van der Waals surface area contributed by atoms with Gasteiger partial charge in [0.25, 0.3) is 5.91 Å². The van der Waals surface area contributed by atoms with Crippen LogP contribution in [0.3, 0.4) is 0 Å². The van der Waals surface area contributed by atoms with Crippen LogP contribution in [0.1, 0.15) is 10.5 Å². The van der Waals surface area contributed by atoms with Crippen molar-refractivity contribution in [2.24, 2.45) is 0 Å². The van der Waals surface area contributed by atoms with E-state index >= 15 is 0 Å². The minimum absolute atomic E-state index is 0.223. The Morgan fingerprint density at radius 3 is 2.62 bits per heavy atom. The summed E-state index contributed by atoms with van der Waals surface area (Å²) >= 11 is 12.2. The summed E-state index contributed by atoms with van der Waals surface area (Å²) in [7, 11) is 5.51. The van der Waals surface area contributed by atoms with Gasteiger partial charge in [0.05, 0.1) is 28.5 Å². The molecule has 0 aliphatic carbocycles. The molecule has 29 heavy (non-hydrogen) atoms. The van der Waals surface area contributed by atoms with Crippen molar-refractivity contribution in [3.05, 3.63) is 64.3 Å². The van der Waals surface area contributed by atoms with Crippen molar-refractivity contribution in [2.45, 2.75) is 0 Å². The Bertz CT molecular complexity index is 1020. The van der Waals surface area contributed by atoms with E-state index in [0.717, 1.165) is 12.1 Å². The number of amides is 1. The molecule has 0 aliphatic rings. The van der Waals surface area contributed by atoms with Crippen molar-refractivity contribution >= 4 is 29.1 Å². The van der Waals surface area contributed by atoms with Crippen molar-refractivity contribution in [3.63, 3.8) is 0 Å². The summed E-state index contributed by atoms with van der Waals surface area (Å²) in [6.07, 6.45) is 0. The van der Waals surface area contributed by atoms with Gasteiger partial charge >= 0.3 is 0 Å². The number of carbonyl (C=O) groups is 1. The van der Waals surface area contributed by atoms with E-state index in [2.05, 4.69) is 10.4 Å². The van der Waals surface area contributed by atoms with Crippen LogP contribution in [0.15, 0.2) is 48.5 Å². The van der Waals surface area contributed by atoms with Crippen molar-refractivity contribution < 1.29 is 9.53 Å². The molecule has 0 saturated carbocycles. The second-order valence-corrected chi connectivity index (χ2v) is 7.53. The van der Waals surface area contributed by atoms with Crippen molar-refractivity contribution in [1.82, 2.24) is 20.0 Å². The fraction of sp³-hybridized carbons (Fsp3) is 0.238. The number of nitrogens with zero attached hydrogens (tertiary/aromatic N) is 3.